The van der Waals surface area contributed by atoms with Crippen molar-refractivity contribution >= 4 is 11.7 Å². The number of rotatable bonds is 3. The molecule has 1 aliphatic rings. The zero-order valence-corrected chi connectivity index (χ0v) is 14.4. The largest absolute Gasteiger partial charge is 0.488 e. The molecule has 1 saturated heterocycles. The van der Waals surface area contributed by atoms with E-state index >= 15 is 0 Å². The Labute approximate surface area is 152 Å². The number of hydrogen-bond acceptors (Lipinski definition) is 4. The van der Waals surface area contributed by atoms with Gasteiger partial charge in [-0.05, 0) is 31.2 Å². The number of amides is 2. The number of nitrogens with zero attached hydrogens (tertiary/aromatic N) is 1. The number of alkyl halides is 3. The maximum atomic E-state index is 12.6. The van der Waals surface area contributed by atoms with Crippen LogP contribution in [-0.2, 0) is 6.18 Å². The van der Waals surface area contributed by atoms with Crippen molar-refractivity contribution in [1.82, 2.24) is 4.90 Å². The molecule has 144 valence electrons. The van der Waals surface area contributed by atoms with Crippen LogP contribution in [0.15, 0.2) is 45.6 Å². The SMILES string of the molecule is Cc1cc(O[C@H]2CCN(C(=O)Nc3ccc(C(F)(F)F)cc3)C2)cc(=O)o1. The number of anilines is 1. The number of benzene rings is 1. The van der Waals surface area contributed by atoms with Crippen LogP contribution >= 0.6 is 0 Å². The second-order valence-corrected chi connectivity index (χ2v) is 6.20. The highest BCUT2D eigenvalue weighted by Crippen LogP contribution is 2.30. The third-order valence-electron chi connectivity index (χ3n) is 4.07. The second-order valence-electron chi connectivity index (χ2n) is 6.20. The van der Waals surface area contributed by atoms with E-state index in [1.165, 1.54) is 23.1 Å². The van der Waals surface area contributed by atoms with Crippen molar-refractivity contribution in [2.24, 2.45) is 0 Å². The highest BCUT2D eigenvalue weighted by Gasteiger charge is 2.31. The molecule has 1 aromatic heterocycles. The summed E-state index contributed by atoms with van der Waals surface area (Å²) in [6, 6.07) is 6.63. The molecule has 1 aromatic carbocycles. The number of carbonyl (C=O) groups excluding carboxylic acids is 1. The van der Waals surface area contributed by atoms with Crippen LogP contribution in [0.4, 0.5) is 23.7 Å². The van der Waals surface area contributed by atoms with Crippen molar-refractivity contribution in [1.29, 1.82) is 0 Å². The fourth-order valence-corrected chi connectivity index (χ4v) is 2.79. The van der Waals surface area contributed by atoms with Gasteiger partial charge in [-0.2, -0.15) is 13.2 Å². The van der Waals surface area contributed by atoms with E-state index in [2.05, 4.69) is 5.32 Å². The van der Waals surface area contributed by atoms with E-state index in [1.54, 1.807) is 13.0 Å². The average Bonchev–Trinajstić information content (AvgIpc) is 3.02. The molecule has 27 heavy (non-hydrogen) atoms. The molecule has 2 aromatic rings. The van der Waals surface area contributed by atoms with Gasteiger partial charge in [-0.15, -0.1) is 0 Å². The van der Waals surface area contributed by atoms with Crippen molar-refractivity contribution in [3.05, 3.63) is 58.1 Å². The van der Waals surface area contributed by atoms with E-state index in [0.29, 0.717) is 31.0 Å². The summed E-state index contributed by atoms with van der Waals surface area (Å²) in [4.78, 5) is 25.1. The molecule has 1 aliphatic heterocycles. The third kappa shape index (κ3) is 4.81. The topological polar surface area (TPSA) is 71.8 Å². The summed E-state index contributed by atoms with van der Waals surface area (Å²) in [7, 11) is 0. The first-order valence-corrected chi connectivity index (χ1v) is 8.22. The Kier molecular flexibility index (Phi) is 5.11. The second kappa shape index (κ2) is 7.34. The molecule has 1 atom stereocenters. The summed E-state index contributed by atoms with van der Waals surface area (Å²) < 4.78 is 48.3. The van der Waals surface area contributed by atoms with E-state index in [4.69, 9.17) is 9.15 Å². The van der Waals surface area contributed by atoms with Crippen molar-refractivity contribution in [3.63, 3.8) is 0 Å². The smallest absolute Gasteiger partial charge is 0.416 e. The van der Waals surface area contributed by atoms with Gasteiger partial charge in [0.15, 0.2) is 0 Å². The number of halogens is 3. The lowest BCUT2D eigenvalue weighted by Crippen LogP contribution is -2.34. The van der Waals surface area contributed by atoms with Crippen LogP contribution in [0.5, 0.6) is 5.75 Å². The molecular weight excluding hydrogens is 365 g/mol. The summed E-state index contributed by atoms with van der Waals surface area (Å²) in [5, 5.41) is 2.56. The summed E-state index contributed by atoms with van der Waals surface area (Å²) in [5.74, 6) is 0.797. The van der Waals surface area contributed by atoms with E-state index in [9.17, 15) is 22.8 Å². The highest BCUT2D eigenvalue weighted by molar-refractivity contribution is 5.89. The highest BCUT2D eigenvalue weighted by atomic mass is 19.4. The Morgan fingerprint density at radius 2 is 1.96 bits per heavy atom. The zero-order valence-electron chi connectivity index (χ0n) is 14.4. The maximum absolute atomic E-state index is 12.6. The standard InChI is InChI=1S/C18H17F3N2O4/c1-11-8-15(9-16(24)26-11)27-14-6-7-23(10-14)17(25)22-13-4-2-12(3-5-13)18(19,20)21/h2-5,8-9,14H,6-7,10H2,1H3,(H,22,25)/t14-/m0/s1. The minimum atomic E-state index is -4.42. The van der Waals surface area contributed by atoms with Gasteiger partial charge < -0.3 is 19.4 Å². The molecule has 0 radical (unpaired) electrons. The lowest BCUT2D eigenvalue weighted by molar-refractivity contribution is -0.137. The quantitative estimate of drug-likeness (QED) is 0.880. The number of nitrogens with one attached hydrogen (secondary N) is 1. The predicted octanol–water partition coefficient (Wildman–Crippen LogP) is 3.65. The fourth-order valence-electron chi connectivity index (χ4n) is 2.79. The van der Waals surface area contributed by atoms with Gasteiger partial charge in [0.05, 0.1) is 18.2 Å². The molecule has 9 heteroatoms. The minimum absolute atomic E-state index is 0.272. The summed E-state index contributed by atoms with van der Waals surface area (Å²) in [5.41, 5.74) is -1.02. The van der Waals surface area contributed by atoms with Crippen LogP contribution in [0.25, 0.3) is 0 Å². The van der Waals surface area contributed by atoms with Gasteiger partial charge in [-0.3, -0.25) is 0 Å². The Balaban J connectivity index is 1.56. The number of ether oxygens (including phenoxy) is 1. The molecule has 0 saturated carbocycles. The molecule has 0 bridgehead atoms. The molecule has 0 unspecified atom stereocenters. The van der Waals surface area contributed by atoms with Crippen LogP contribution in [0.1, 0.15) is 17.7 Å². The molecule has 3 rings (SSSR count). The fraction of sp³-hybridized carbons (Fsp3) is 0.333. The Hall–Kier alpha value is -2.97. The van der Waals surface area contributed by atoms with Crippen molar-refractivity contribution in [3.8, 4) is 5.75 Å². The number of carbonyl (C=O) groups is 1. The van der Waals surface area contributed by atoms with Gasteiger partial charge >= 0.3 is 17.8 Å². The molecule has 0 aliphatic carbocycles. The van der Waals surface area contributed by atoms with Crippen molar-refractivity contribution < 1.29 is 27.1 Å². The molecule has 0 spiro atoms. The van der Waals surface area contributed by atoms with Gasteiger partial charge in [0.25, 0.3) is 0 Å². The Bertz CT molecular complexity index is 877. The number of urea groups is 1. The van der Waals surface area contributed by atoms with Gasteiger partial charge in [-0.25, -0.2) is 9.59 Å². The molecule has 1 N–H and O–H groups in total. The molecule has 1 fully saturated rings. The zero-order chi connectivity index (χ0) is 19.6. The van der Waals surface area contributed by atoms with E-state index in [1.807, 2.05) is 0 Å². The van der Waals surface area contributed by atoms with E-state index in [-0.39, 0.29) is 11.8 Å². The maximum Gasteiger partial charge on any atom is 0.416 e. The Morgan fingerprint density at radius 3 is 2.59 bits per heavy atom. The lowest BCUT2D eigenvalue weighted by Gasteiger charge is -2.18. The predicted molar refractivity (Wildman–Crippen MR) is 90.8 cm³/mol. The summed E-state index contributed by atoms with van der Waals surface area (Å²) in [6.07, 6.45) is -4.14. The average molecular weight is 382 g/mol. The lowest BCUT2D eigenvalue weighted by atomic mass is 10.2. The minimum Gasteiger partial charge on any atom is -0.488 e. The Morgan fingerprint density at radius 1 is 1.26 bits per heavy atom. The summed E-state index contributed by atoms with van der Waals surface area (Å²) >= 11 is 0. The van der Waals surface area contributed by atoms with Crippen molar-refractivity contribution in [2.75, 3.05) is 18.4 Å². The number of aryl methyl sites for hydroxylation is 1. The molecule has 2 heterocycles. The first-order chi connectivity index (χ1) is 12.7. The van der Waals surface area contributed by atoms with E-state index < -0.39 is 23.4 Å². The summed E-state index contributed by atoms with van der Waals surface area (Å²) in [6.45, 7) is 2.36. The monoisotopic (exact) mass is 382 g/mol. The third-order valence-corrected chi connectivity index (χ3v) is 4.07. The van der Waals surface area contributed by atoms with Crippen molar-refractivity contribution in [2.45, 2.75) is 25.6 Å². The van der Waals surface area contributed by atoms with Crippen LogP contribution in [0.2, 0.25) is 0 Å². The first kappa shape index (κ1) is 18.8. The number of hydrogen-bond donors (Lipinski definition) is 1. The first-order valence-electron chi connectivity index (χ1n) is 8.22. The van der Waals surface area contributed by atoms with Crippen LogP contribution in [0, 0.1) is 6.92 Å². The number of likely N-dealkylation sites (tertiary alicyclic amines) is 1. The van der Waals surface area contributed by atoms with Crippen LogP contribution in [0.3, 0.4) is 0 Å². The van der Waals surface area contributed by atoms with Gasteiger partial charge in [0, 0.05) is 24.7 Å². The van der Waals surface area contributed by atoms with Gasteiger partial charge in [-0.1, -0.05) is 0 Å². The van der Waals surface area contributed by atoms with E-state index in [0.717, 1.165) is 12.1 Å². The molecule has 2 amide bonds. The molecule has 6 nitrogen and oxygen atoms in total. The van der Waals surface area contributed by atoms with Crippen LogP contribution in [-0.4, -0.2) is 30.1 Å². The van der Waals surface area contributed by atoms with Gasteiger partial charge in [0.2, 0.25) is 0 Å². The normalized spacial score (nSPS) is 17.0. The van der Waals surface area contributed by atoms with Gasteiger partial charge in [0.1, 0.15) is 17.6 Å². The van der Waals surface area contributed by atoms with Crippen LogP contribution < -0.4 is 15.7 Å². The molecular formula is C18H17F3N2O4.